The van der Waals surface area contributed by atoms with Gasteiger partial charge in [-0.2, -0.15) is 0 Å². The molecular weight excluding hydrogens is 763 g/mol. The van der Waals surface area contributed by atoms with E-state index in [0.717, 1.165) is 44.6 Å². The molecule has 1 aromatic heterocycles. The Morgan fingerprint density at radius 3 is 1.30 bits per heavy atom. The summed E-state index contributed by atoms with van der Waals surface area (Å²) in [6, 6.07) is 90.3. The molecule has 0 N–H and O–H groups in total. The Kier molecular flexibility index (Phi) is 8.76. The van der Waals surface area contributed by atoms with Crippen LogP contribution in [-0.4, -0.2) is 0 Å². The van der Waals surface area contributed by atoms with E-state index in [2.05, 4.69) is 241 Å². The molecule has 11 aromatic rings. The first kappa shape index (κ1) is 36.6. The summed E-state index contributed by atoms with van der Waals surface area (Å²) < 4.78 is 6.31. The zero-order valence-electron chi connectivity index (χ0n) is 34.5. The lowest BCUT2D eigenvalue weighted by atomic mass is 9.68. The Bertz CT molecular complexity index is 3320. The molecule has 2 nitrogen and oxygen atoms in total. The maximum absolute atomic E-state index is 6.31. The number of rotatable bonds is 8. The second-order valence-corrected chi connectivity index (χ2v) is 16.4. The summed E-state index contributed by atoms with van der Waals surface area (Å²) >= 11 is 0. The number of furan rings is 1. The molecule has 0 saturated heterocycles. The fraction of sp³-hybridized carbons (Fsp3) is 0.0164. The highest BCUT2D eigenvalue weighted by atomic mass is 16.3. The highest BCUT2D eigenvalue weighted by molar-refractivity contribution is 6.06. The summed E-state index contributed by atoms with van der Waals surface area (Å²) in [7, 11) is 0. The molecule has 0 unspecified atom stereocenters. The standard InChI is InChI=1S/C61H41NO/c1-4-16-42(17-5-1)45-38-46(43-18-6-2-7-19-43)40-47(39-45)44-28-32-50(33-29-44)62(52-36-37-60-56(41-52)55-24-12-15-27-59(55)63-60)51-34-30-49(31-35-51)61(48-20-8-3-9-21-48)57-25-13-10-22-53(57)54-23-11-14-26-58(54)61/h1-41H. The second kappa shape index (κ2) is 15.1. The molecule has 0 bridgehead atoms. The van der Waals surface area contributed by atoms with Crippen molar-refractivity contribution in [2.75, 3.05) is 4.90 Å². The second-order valence-electron chi connectivity index (χ2n) is 16.4. The number of para-hydroxylation sites is 1. The maximum atomic E-state index is 6.31. The van der Waals surface area contributed by atoms with Gasteiger partial charge in [0, 0.05) is 27.8 Å². The van der Waals surface area contributed by atoms with Gasteiger partial charge in [0.25, 0.3) is 0 Å². The minimum Gasteiger partial charge on any atom is -0.456 e. The zero-order valence-corrected chi connectivity index (χ0v) is 34.5. The first-order valence-electron chi connectivity index (χ1n) is 21.7. The van der Waals surface area contributed by atoms with E-state index in [-0.39, 0.29) is 0 Å². The Morgan fingerprint density at radius 1 is 0.286 bits per heavy atom. The SMILES string of the molecule is c1ccc(-c2cc(-c3ccccc3)cc(-c3ccc(N(c4ccc(C5(c6ccccc6)c6ccccc6-c6ccccc65)cc4)c4ccc5oc6ccccc6c5c4)cc3)c2)cc1. The molecule has 0 spiro atoms. The molecule has 0 atom stereocenters. The first-order valence-corrected chi connectivity index (χ1v) is 21.7. The van der Waals surface area contributed by atoms with Gasteiger partial charge in [-0.3, -0.25) is 0 Å². The molecule has 12 rings (SSSR count). The summed E-state index contributed by atoms with van der Waals surface area (Å²) in [4.78, 5) is 2.37. The van der Waals surface area contributed by atoms with Crippen LogP contribution < -0.4 is 4.90 Å². The molecule has 0 fully saturated rings. The summed E-state index contributed by atoms with van der Waals surface area (Å²) in [6.45, 7) is 0. The predicted octanol–water partition coefficient (Wildman–Crippen LogP) is 16.4. The summed E-state index contributed by atoms with van der Waals surface area (Å²) in [5, 5.41) is 2.20. The average molecular weight is 804 g/mol. The fourth-order valence-corrected chi connectivity index (χ4v) is 10.1. The summed E-state index contributed by atoms with van der Waals surface area (Å²) in [5.41, 5.74) is 19.3. The van der Waals surface area contributed by atoms with Crippen molar-refractivity contribution in [3.05, 3.63) is 271 Å². The van der Waals surface area contributed by atoms with Crippen LogP contribution in [0, 0.1) is 0 Å². The smallest absolute Gasteiger partial charge is 0.135 e. The van der Waals surface area contributed by atoms with Gasteiger partial charge >= 0.3 is 0 Å². The molecule has 0 saturated carbocycles. The van der Waals surface area contributed by atoms with Crippen molar-refractivity contribution in [1.29, 1.82) is 0 Å². The molecule has 1 aliphatic rings. The van der Waals surface area contributed by atoms with Gasteiger partial charge in [0.1, 0.15) is 11.2 Å². The van der Waals surface area contributed by atoms with E-state index in [1.807, 2.05) is 12.1 Å². The number of benzene rings is 10. The molecule has 296 valence electrons. The highest BCUT2D eigenvalue weighted by Gasteiger charge is 2.45. The van der Waals surface area contributed by atoms with Crippen LogP contribution in [0.5, 0.6) is 0 Å². The van der Waals surface area contributed by atoms with Crippen LogP contribution in [-0.2, 0) is 5.41 Å². The topological polar surface area (TPSA) is 16.4 Å². The number of anilines is 3. The maximum Gasteiger partial charge on any atom is 0.135 e. The van der Waals surface area contributed by atoms with Crippen LogP contribution >= 0.6 is 0 Å². The van der Waals surface area contributed by atoms with Gasteiger partial charge in [0.15, 0.2) is 0 Å². The van der Waals surface area contributed by atoms with E-state index in [4.69, 9.17) is 4.42 Å². The Morgan fingerprint density at radius 2 is 0.714 bits per heavy atom. The molecule has 10 aromatic carbocycles. The molecule has 0 amide bonds. The predicted molar refractivity (Wildman–Crippen MR) is 262 cm³/mol. The fourth-order valence-electron chi connectivity index (χ4n) is 10.1. The van der Waals surface area contributed by atoms with Gasteiger partial charge in [-0.05, 0) is 133 Å². The number of fused-ring (bicyclic) bond motifs is 6. The lowest BCUT2D eigenvalue weighted by molar-refractivity contribution is 0.669. The van der Waals surface area contributed by atoms with E-state index in [1.54, 1.807) is 0 Å². The van der Waals surface area contributed by atoms with Crippen molar-refractivity contribution in [3.63, 3.8) is 0 Å². The lowest BCUT2D eigenvalue weighted by Crippen LogP contribution is -2.28. The van der Waals surface area contributed by atoms with Crippen molar-refractivity contribution in [1.82, 2.24) is 0 Å². The van der Waals surface area contributed by atoms with E-state index >= 15 is 0 Å². The number of hydrogen-bond donors (Lipinski definition) is 0. The molecule has 0 aliphatic heterocycles. The first-order chi connectivity index (χ1) is 31.2. The quantitative estimate of drug-likeness (QED) is 0.152. The third kappa shape index (κ3) is 6.10. The Hall–Kier alpha value is -8.20. The van der Waals surface area contributed by atoms with Crippen LogP contribution in [0.2, 0.25) is 0 Å². The minimum absolute atomic E-state index is 0.471. The summed E-state index contributed by atoms with van der Waals surface area (Å²) in [5.74, 6) is 0. The van der Waals surface area contributed by atoms with E-state index in [0.29, 0.717) is 0 Å². The van der Waals surface area contributed by atoms with Crippen molar-refractivity contribution in [2.45, 2.75) is 5.41 Å². The average Bonchev–Trinajstić information content (AvgIpc) is 3.89. The monoisotopic (exact) mass is 803 g/mol. The van der Waals surface area contributed by atoms with E-state index < -0.39 is 5.41 Å². The number of hydrogen-bond acceptors (Lipinski definition) is 2. The van der Waals surface area contributed by atoms with Gasteiger partial charge in [-0.25, -0.2) is 0 Å². The van der Waals surface area contributed by atoms with Gasteiger partial charge in [-0.1, -0.05) is 182 Å². The third-order valence-corrected chi connectivity index (χ3v) is 12.9. The van der Waals surface area contributed by atoms with Gasteiger partial charge in [0.2, 0.25) is 0 Å². The van der Waals surface area contributed by atoms with Crippen molar-refractivity contribution >= 4 is 39.0 Å². The van der Waals surface area contributed by atoms with Crippen LogP contribution in [0.4, 0.5) is 17.1 Å². The van der Waals surface area contributed by atoms with Gasteiger partial charge in [0.05, 0.1) is 5.41 Å². The lowest BCUT2D eigenvalue weighted by Gasteiger charge is -2.34. The van der Waals surface area contributed by atoms with Gasteiger partial charge in [-0.15, -0.1) is 0 Å². The molecule has 1 aliphatic carbocycles. The largest absolute Gasteiger partial charge is 0.456 e. The third-order valence-electron chi connectivity index (χ3n) is 12.9. The molecule has 0 radical (unpaired) electrons. The molecule has 1 heterocycles. The zero-order chi connectivity index (χ0) is 41.7. The number of nitrogens with zero attached hydrogens (tertiary/aromatic N) is 1. The highest BCUT2D eigenvalue weighted by Crippen LogP contribution is 2.56. The Balaban J connectivity index is 1.01. The van der Waals surface area contributed by atoms with Crippen LogP contribution in [0.15, 0.2) is 253 Å². The van der Waals surface area contributed by atoms with Crippen LogP contribution in [0.1, 0.15) is 22.3 Å². The van der Waals surface area contributed by atoms with Gasteiger partial charge < -0.3 is 9.32 Å². The molecule has 63 heavy (non-hydrogen) atoms. The minimum atomic E-state index is -0.471. The van der Waals surface area contributed by atoms with Crippen molar-refractivity contribution in [3.8, 4) is 44.5 Å². The van der Waals surface area contributed by atoms with E-state index in [1.165, 1.54) is 61.2 Å². The van der Waals surface area contributed by atoms with E-state index in [9.17, 15) is 0 Å². The van der Waals surface area contributed by atoms with Crippen molar-refractivity contribution in [2.24, 2.45) is 0 Å². The summed E-state index contributed by atoms with van der Waals surface area (Å²) in [6.07, 6.45) is 0. The van der Waals surface area contributed by atoms with Crippen LogP contribution in [0.25, 0.3) is 66.4 Å². The normalized spacial score (nSPS) is 12.6. The van der Waals surface area contributed by atoms with Crippen LogP contribution in [0.3, 0.4) is 0 Å². The van der Waals surface area contributed by atoms with Crippen molar-refractivity contribution < 1.29 is 4.42 Å². The molecule has 2 heteroatoms. The molecular formula is C61H41NO. The Labute approximate surface area is 367 Å².